The lowest BCUT2D eigenvalue weighted by molar-refractivity contribution is 0.566. The second-order valence-electron chi connectivity index (χ2n) is 8.19. The van der Waals surface area contributed by atoms with Crippen molar-refractivity contribution in [2.45, 2.75) is 23.8 Å². The third-order valence-corrected chi connectivity index (χ3v) is 7.28. The Morgan fingerprint density at radius 1 is 0.667 bits per heavy atom. The Kier molecular flexibility index (Phi) is 5.56. The number of hydrogen-bond donors (Lipinski definition) is 0. The fourth-order valence-corrected chi connectivity index (χ4v) is 5.39. The third-order valence-electron chi connectivity index (χ3n) is 5.99. The maximum Gasteiger partial charge on any atom is 0.283 e. The quantitative estimate of drug-likeness (QED) is 0.366. The fourth-order valence-electron chi connectivity index (χ4n) is 4.35. The van der Waals surface area contributed by atoms with Gasteiger partial charge in [-0.1, -0.05) is 96.6 Å². The lowest BCUT2D eigenvalue weighted by Crippen LogP contribution is -2.54. The molecular weight excluding hydrogens is 428 g/mol. The number of aryl methyl sites for hydroxylation is 1. The van der Waals surface area contributed by atoms with Crippen LogP contribution in [0, 0.1) is 6.92 Å². The molecule has 0 radical (unpaired) electrons. The van der Waals surface area contributed by atoms with Gasteiger partial charge in [-0.25, -0.2) is 0 Å². The molecule has 5 rings (SSSR count). The van der Waals surface area contributed by atoms with Crippen LogP contribution in [0.1, 0.15) is 28.7 Å². The van der Waals surface area contributed by atoms with E-state index in [1.165, 1.54) is 0 Å². The molecule has 0 bridgehead atoms. The topological polar surface area (TPSA) is 49.7 Å². The molecule has 0 unspecified atom stereocenters. The van der Waals surface area contributed by atoms with Crippen LogP contribution in [0.3, 0.4) is 0 Å². The molecule has 0 N–H and O–H groups in total. The molecule has 1 aliphatic rings. The number of para-hydroxylation sites is 1. The van der Waals surface area contributed by atoms with E-state index < -0.39 is 10.0 Å². The normalized spacial score (nSPS) is 19.3. The number of hydrogen-bond acceptors (Lipinski definition) is 2. The number of sulfonamides is 1. The highest BCUT2D eigenvalue weighted by molar-refractivity contribution is 7.90. The first-order valence-corrected chi connectivity index (χ1v) is 12.3. The molecule has 2 atom stereocenters. The third kappa shape index (κ3) is 4.08. The minimum atomic E-state index is -3.88. The van der Waals surface area contributed by atoms with E-state index in [2.05, 4.69) is 16.5 Å². The van der Waals surface area contributed by atoms with Crippen molar-refractivity contribution in [3.8, 4) is 0 Å². The van der Waals surface area contributed by atoms with E-state index in [4.69, 9.17) is 0 Å². The van der Waals surface area contributed by atoms with Crippen molar-refractivity contribution in [3.05, 3.63) is 132 Å². The van der Waals surface area contributed by atoms with Crippen molar-refractivity contribution in [3.63, 3.8) is 0 Å². The Bertz CT molecular complexity index is 1320. The van der Waals surface area contributed by atoms with Crippen molar-refractivity contribution in [2.75, 3.05) is 4.90 Å². The Balaban J connectivity index is 1.68. The summed E-state index contributed by atoms with van der Waals surface area (Å²) in [5.74, 6) is 0.343. The van der Waals surface area contributed by atoms with Crippen LogP contribution in [-0.4, -0.2) is 14.3 Å². The predicted molar refractivity (Wildman–Crippen MR) is 133 cm³/mol. The smallest absolute Gasteiger partial charge is 0.283 e. The first kappa shape index (κ1) is 21.2. The lowest BCUT2D eigenvalue weighted by Gasteiger charge is -2.50. The second kappa shape index (κ2) is 8.68. The van der Waals surface area contributed by atoms with Gasteiger partial charge < -0.3 is 4.90 Å². The van der Waals surface area contributed by atoms with Crippen LogP contribution in [0.4, 0.5) is 5.69 Å². The number of benzene rings is 4. The van der Waals surface area contributed by atoms with E-state index >= 15 is 0 Å². The Labute approximate surface area is 194 Å². The van der Waals surface area contributed by atoms with E-state index in [0.29, 0.717) is 5.84 Å². The van der Waals surface area contributed by atoms with Gasteiger partial charge in [-0.15, -0.1) is 4.40 Å². The minimum absolute atomic E-state index is 0.0667. The first-order valence-electron chi connectivity index (χ1n) is 10.9. The van der Waals surface area contributed by atoms with Crippen molar-refractivity contribution in [1.29, 1.82) is 0 Å². The van der Waals surface area contributed by atoms with Crippen LogP contribution < -0.4 is 4.90 Å². The van der Waals surface area contributed by atoms with Crippen molar-refractivity contribution >= 4 is 21.5 Å². The van der Waals surface area contributed by atoms with Crippen LogP contribution in [0.25, 0.3) is 0 Å². The highest BCUT2D eigenvalue weighted by atomic mass is 32.2. The molecule has 0 saturated carbocycles. The van der Waals surface area contributed by atoms with Crippen LogP contribution in [0.15, 0.2) is 125 Å². The average Bonchev–Trinajstić information content (AvgIpc) is 2.84. The molecule has 4 nitrogen and oxygen atoms in total. The largest absolute Gasteiger partial charge is 0.320 e. The van der Waals surface area contributed by atoms with Gasteiger partial charge in [0.25, 0.3) is 10.0 Å². The summed E-state index contributed by atoms with van der Waals surface area (Å²) < 4.78 is 31.1. The molecule has 1 saturated heterocycles. The monoisotopic (exact) mass is 452 g/mol. The van der Waals surface area contributed by atoms with E-state index in [1.54, 1.807) is 24.3 Å². The zero-order chi connectivity index (χ0) is 22.8. The van der Waals surface area contributed by atoms with Crippen molar-refractivity contribution < 1.29 is 8.42 Å². The van der Waals surface area contributed by atoms with Gasteiger partial charge in [-0.3, -0.25) is 0 Å². The maximum absolute atomic E-state index is 13.3. The summed E-state index contributed by atoms with van der Waals surface area (Å²) >= 11 is 0. The summed E-state index contributed by atoms with van der Waals surface area (Å²) in [5.41, 5.74) is 4.07. The molecule has 5 heteroatoms. The maximum atomic E-state index is 13.3. The van der Waals surface area contributed by atoms with Crippen LogP contribution in [0.5, 0.6) is 0 Å². The summed E-state index contributed by atoms with van der Waals surface area (Å²) in [4.78, 5) is 2.24. The van der Waals surface area contributed by atoms with Gasteiger partial charge in [-0.05, 0) is 42.3 Å². The average molecular weight is 453 g/mol. The molecule has 1 aliphatic heterocycles. The van der Waals surface area contributed by atoms with Gasteiger partial charge in [0.05, 0.1) is 16.9 Å². The second-order valence-corrected chi connectivity index (χ2v) is 9.79. The highest BCUT2D eigenvalue weighted by Gasteiger charge is 2.48. The number of nitrogens with zero attached hydrogens (tertiary/aromatic N) is 2. The molecule has 4 aromatic rings. The van der Waals surface area contributed by atoms with E-state index in [1.807, 2.05) is 90.7 Å². The van der Waals surface area contributed by atoms with Crippen LogP contribution in [0.2, 0.25) is 0 Å². The Morgan fingerprint density at radius 2 is 1.18 bits per heavy atom. The van der Waals surface area contributed by atoms with Gasteiger partial charge in [0, 0.05) is 5.69 Å². The van der Waals surface area contributed by atoms with Crippen molar-refractivity contribution in [2.24, 2.45) is 4.40 Å². The van der Waals surface area contributed by atoms with Gasteiger partial charge in [0.1, 0.15) is 5.84 Å². The SMILES string of the molecule is Cc1ccc(S(=O)(=O)/N=C2/[C@H](c3ccccc3)[C@H](c3ccccc3)N2c2ccccc2)cc1. The summed E-state index contributed by atoms with van der Waals surface area (Å²) in [6, 6.07) is 36.8. The molecule has 164 valence electrons. The molecular formula is C28H24N2O2S. The molecule has 0 amide bonds. The predicted octanol–water partition coefficient (Wildman–Crippen LogP) is 6.13. The van der Waals surface area contributed by atoms with E-state index in [0.717, 1.165) is 22.4 Å². The zero-order valence-corrected chi connectivity index (χ0v) is 19.1. The van der Waals surface area contributed by atoms with Crippen molar-refractivity contribution in [1.82, 2.24) is 0 Å². The van der Waals surface area contributed by atoms with Crippen LogP contribution in [-0.2, 0) is 10.0 Å². The fraction of sp³-hybridized carbons (Fsp3) is 0.107. The zero-order valence-electron chi connectivity index (χ0n) is 18.2. The number of amidine groups is 1. The Hall–Kier alpha value is -3.70. The summed E-state index contributed by atoms with van der Waals surface area (Å²) in [6.45, 7) is 1.93. The van der Waals surface area contributed by atoms with Gasteiger partial charge in [0.2, 0.25) is 0 Å². The minimum Gasteiger partial charge on any atom is -0.320 e. The molecule has 0 aliphatic carbocycles. The van der Waals surface area contributed by atoms with Gasteiger partial charge in [-0.2, -0.15) is 8.42 Å². The standard InChI is InChI=1S/C28H24N2O2S/c1-21-17-19-25(20-18-21)33(31,32)29-28-26(22-11-5-2-6-12-22)27(23-13-7-3-8-14-23)30(28)24-15-9-4-10-16-24/h2-20,26-27H,1H3/b29-28-/t26-,27+/m1/s1. The molecule has 4 aromatic carbocycles. The lowest BCUT2D eigenvalue weighted by atomic mass is 9.77. The summed E-state index contributed by atoms with van der Waals surface area (Å²) in [7, 11) is -3.88. The van der Waals surface area contributed by atoms with E-state index in [-0.39, 0.29) is 16.9 Å². The highest BCUT2D eigenvalue weighted by Crippen LogP contribution is 2.50. The van der Waals surface area contributed by atoms with E-state index in [9.17, 15) is 8.42 Å². The van der Waals surface area contributed by atoms with Gasteiger partial charge in [0.15, 0.2) is 0 Å². The first-order chi connectivity index (χ1) is 16.0. The number of rotatable bonds is 5. The molecule has 0 spiro atoms. The summed E-state index contributed by atoms with van der Waals surface area (Å²) in [6.07, 6.45) is 0. The molecule has 0 aromatic heterocycles. The number of anilines is 1. The van der Waals surface area contributed by atoms with Gasteiger partial charge >= 0.3 is 0 Å². The summed E-state index contributed by atoms with van der Waals surface area (Å²) in [5, 5.41) is 0. The molecule has 33 heavy (non-hydrogen) atoms. The Morgan fingerprint density at radius 3 is 1.76 bits per heavy atom. The van der Waals surface area contributed by atoms with Crippen LogP contribution >= 0.6 is 0 Å². The molecule has 1 fully saturated rings. The molecule has 1 heterocycles.